The Morgan fingerprint density at radius 2 is 2.04 bits per heavy atom. The largest absolute Gasteiger partial charge is 0.342 e. The second kappa shape index (κ2) is 7.85. The highest BCUT2D eigenvalue weighted by Gasteiger charge is 2.26. The van der Waals surface area contributed by atoms with Crippen molar-refractivity contribution in [1.82, 2.24) is 14.5 Å². The van der Waals surface area contributed by atoms with E-state index in [9.17, 15) is 4.79 Å². The van der Waals surface area contributed by atoms with E-state index in [0.29, 0.717) is 18.3 Å². The van der Waals surface area contributed by atoms with E-state index in [1.807, 2.05) is 22.7 Å². The summed E-state index contributed by atoms with van der Waals surface area (Å²) in [5.41, 5.74) is 3.90. The molecule has 2 heterocycles. The fraction of sp³-hybridized carbons (Fsp3) is 0.524. The van der Waals surface area contributed by atoms with Crippen molar-refractivity contribution in [1.29, 1.82) is 0 Å². The Morgan fingerprint density at radius 3 is 2.68 bits per heavy atom. The zero-order valence-corrected chi connectivity index (χ0v) is 15.6. The van der Waals surface area contributed by atoms with Crippen LogP contribution in [0.5, 0.6) is 0 Å². The van der Waals surface area contributed by atoms with Crippen LogP contribution in [0.15, 0.2) is 36.8 Å². The molecule has 4 nitrogen and oxygen atoms in total. The van der Waals surface area contributed by atoms with E-state index in [1.54, 1.807) is 6.33 Å². The summed E-state index contributed by atoms with van der Waals surface area (Å²) in [5.74, 6) is 1.44. The minimum Gasteiger partial charge on any atom is -0.342 e. The van der Waals surface area contributed by atoms with Gasteiger partial charge in [0.1, 0.15) is 0 Å². The highest BCUT2D eigenvalue weighted by molar-refractivity contribution is 5.76. The predicted octanol–water partition coefficient (Wildman–Crippen LogP) is 3.57. The second-order valence-electron chi connectivity index (χ2n) is 7.59. The number of rotatable bonds is 6. The van der Waals surface area contributed by atoms with Crippen molar-refractivity contribution in [2.75, 3.05) is 13.1 Å². The van der Waals surface area contributed by atoms with E-state index in [1.165, 1.54) is 11.1 Å². The van der Waals surface area contributed by atoms with Gasteiger partial charge in [-0.05, 0) is 42.2 Å². The quantitative estimate of drug-likeness (QED) is 0.807. The first-order valence-corrected chi connectivity index (χ1v) is 9.34. The van der Waals surface area contributed by atoms with Crippen LogP contribution in [0.1, 0.15) is 49.4 Å². The molecule has 0 spiro atoms. The van der Waals surface area contributed by atoms with Crippen LogP contribution < -0.4 is 0 Å². The predicted molar refractivity (Wildman–Crippen MR) is 100 cm³/mol. The highest BCUT2D eigenvalue weighted by atomic mass is 16.2. The molecule has 1 fully saturated rings. The van der Waals surface area contributed by atoms with Gasteiger partial charge in [-0.3, -0.25) is 4.79 Å². The lowest BCUT2D eigenvalue weighted by Gasteiger charge is -2.17. The number of likely N-dealkylation sites (tertiary alicyclic amines) is 1. The van der Waals surface area contributed by atoms with E-state index in [4.69, 9.17) is 0 Å². The molecule has 2 aromatic rings. The molecule has 0 bridgehead atoms. The Morgan fingerprint density at radius 1 is 1.28 bits per heavy atom. The first-order chi connectivity index (χ1) is 12.0. The monoisotopic (exact) mass is 339 g/mol. The lowest BCUT2D eigenvalue weighted by Crippen LogP contribution is -2.29. The maximum Gasteiger partial charge on any atom is 0.222 e. The van der Waals surface area contributed by atoms with Gasteiger partial charge >= 0.3 is 0 Å². The van der Waals surface area contributed by atoms with Crippen LogP contribution in [0.2, 0.25) is 0 Å². The fourth-order valence-corrected chi connectivity index (χ4v) is 3.62. The lowest BCUT2D eigenvalue weighted by molar-refractivity contribution is -0.130. The smallest absolute Gasteiger partial charge is 0.222 e. The Hall–Kier alpha value is -2.10. The number of nitrogens with zero attached hydrogens (tertiary/aromatic N) is 3. The summed E-state index contributed by atoms with van der Waals surface area (Å²) in [6.07, 6.45) is 7.17. The van der Waals surface area contributed by atoms with Crippen molar-refractivity contribution in [2.45, 2.75) is 45.4 Å². The summed E-state index contributed by atoms with van der Waals surface area (Å²) in [6, 6.07) is 8.99. The summed E-state index contributed by atoms with van der Waals surface area (Å²) in [6.45, 7) is 6.25. The van der Waals surface area contributed by atoms with E-state index in [2.05, 4.69) is 43.1 Å². The number of carbonyl (C=O) groups excluding carboxylic acids is 1. The number of carbonyl (C=O) groups is 1. The van der Waals surface area contributed by atoms with Gasteiger partial charge in [0.05, 0.1) is 6.33 Å². The summed E-state index contributed by atoms with van der Waals surface area (Å²) >= 11 is 0. The average molecular weight is 339 g/mol. The molecule has 1 atom stereocenters. The van der Waals surface area contributed by atoms with Crippen molar-refractivity contribution in [2.24, 2.45) is 13.0 Å². The van der Waals surface area contributed by atoms with Crippen LogP contribution in [0.4, 0.5) is 0 Å². The van der Waals surface area contributed by atoms with Gasteiger partial charge in [0, 0.05) is 38.4 Å². The van der Waals surface area contributed by atoms with Gasteiger partial charge in [-0.25, -0.2) is 4.98 Å². The molecule has 3 rings (SSSR count). The number of aromatic nitrogens is 2. The Kier molecular flexibility index (Phi) is 5.57. The van der Waals surface area contributed by atoms with Gasteiger partial charge in [0.25, 0.3) is 0 Å². The standard InChI is InChI=1S/C21H29N3O/c1-16(2)19-6-4-17(5-7-19)12-18-10-11-24(14-18)21(25)9-8-20-13-22-15-23(20)3/h4-7,13,15-16,18H,8-12,14H2,1-3H3/t18-/m0/s1. The zero-order valence-electron chi connectivity index (χ0n) is 15.6. The molecule has 1 aromatic heterocycles. The zero-order chi connectivity index (χ0) is 17.8. The average Bonchev–Trinajstić information content (AvgIpc) is 3.22. The Balaban J connectivity index is 1.47. The van der Waals surface area contributed by atoms with Crippen molar-refractivity contribution in [3.63, 3.8) is 0 Å². The van der Waals surface area contributed by atoms with Crippen molar-refractivity contribution in [3.8, 4) is 0 Å². The molecule has 0 unspecified atom stereocenters. The minimum absolute atomic E-state index is 0.277. The van der Waals surface area contributed by atoms with E-state index in [-0.39, 0.29) is 5.91 Å². The molecule has 4 heteroatoms. The molecule has 1 amide bonds. The molecule has 1 aliphatic rings. The summed E-state index contributed by atoms with van der Waals surface area (Å²) in [7, 11) is 1.98. The Bertz CT molecular complexity index is 702. The van der Waals surface area contributed by atoms with Gasteiger partial charge in [-0.15, -0.1) is 0 Å². The SMILES string of the molecule is CC(C)c1ccc(C[C@@H]2CCN(C(=O)CCc3cncn3C)C2)cc1. The number of benzene rings is 1. The number of hydrogen-bond donors (Lipinski definition) is 0. The molecule has 1 aliphatic heterocycles. The van der Waals surface area contributed by atoms with Crippen molar-refractivity contribution < 1.29 is 4.79 Å². The van der Waals surface area contributed by atoms with E-state index in [0.717, 1.165) is 38.0 Å². The molecule has 0 saturated carbocycles. The summed E-state index contributed by atoms with van der Waals surface area (Å²) in [4.78, 5) is 18.6. The van der Waals surface area contributed by atoms with Crippen LogP contribution in [-0.4, -0.2) is 33.4 Å². The number of amides is 1. The third-order valence-electron chi connectivity index (χ3n) is 5.32. The van der Waals surface area contributed by atoms with E-state index < -0.39 is 0 Å². The van der Waals surface area contributed by atoms with Gasteiger partial charge in [-0.1, -0.05) is 38.1 Å². The van der Waals surface area contributed by atoms with Crippen molar-refractivity contribution in [3.05, 3.63) is 53.6 Å². The first-order valence-electron chi connectivity index (χ1n) is 9.34. The van der Waals surface area contributed by atoms with Gasteiger partial charge in [0.2, 0.25) is 5.91 Å². The number of aryl methyl sites for hydroxylation is 2. The lowest BCUT2D eigenvalue weighted by atomic mass is 9.96. The molecular weight excluding hydrogens is 310 g/mol. The molecule has 1 aromatic carbocycles. The van der Waals surface area contributed by atoms with Gasteiger partial charge in [0.15, 0.2) is 0 Å². The van der Waals surface area contributed by atoms with Crippen LogP contribution in [0.25, 0.3) is 0 Å². The van der Waals surface area contributed by atoms with Crippen molar-refractivity contribution >= 4 is 5.91 Å². The molecule has 25 heavy (non-hydrogen) atoms. The Labute approximate surface area is 150 Å². The summed E-state index contributed by atoms with van der Waals surface area (Å²) in [5, 5.41) is 0. The topological polar surface area (TPSA) is 38.1 Å². The van der Waals surface area contributed by atoms with Gasteiger partial charge < -0.3 is 9.47 Å². The maximum absolute atomic E-state index is 12.5. The third kappa shape index (κ3) is 4.50. The normalized spacial score (nSPS) is 17.4. The molecular formula is C21H29N3O. The molecule has 0 N–H and O–H groups in total. The number of imidazole rings is 1. The minimum atomic E-state index is 0.277. The maximum atomic E-state index is 12.5. The van der Waals surface area contributed by atoms with Crippen LogP contribution in [0.3, 0.4) is 0 Å². The molecule has 0 aliphatic carbocycles. The van der Waals surface area contributed by atoms with Crippen LogP contribution in [-0.2, 0) is 24.7 Å². The van der Waals surface area contributed by atoms with Crippen LogP contribution in [0, 0.1) is 5.92 Å². The second-order valence-corrected chi connectivity index (χ2v) is 7.59. The molecule has 0 radical (unpaired) electrons. The van der Waals surface area contributed by atoms with Gasteiger partial charge in [-0.2, -0.15) is 0 Å². The number of hydrogen-bond acceptors (Lipinski definition) is 2. The van der Waals surface area contributed by atoms with E-state index >= 15 is 0 Å². The fourth-order valence-electron chi connectivity index (χ4n) is 3.62. The molecule has 1 saturated heterocycles. The first kappa shape index (κ1) is 17.7. The third-order valence-corrected chi connectivity index (χ3v) is 5.32. The summed E-state index contributed by atoms with van der Waals surface area (Å²) < 4.78 is 1.99. The highest BCUT2D eigenvalue weighted by Crippen LogP contribution is 2.23. The molecule has 134 valence electrons. The van der Waals surface area contributed by atoms with Crippen LogP contribution >= 0.6 is 0 Å².